The predicted octanol–water partition coefficient (Wildman–Crippen LogP) is 1.66. The van der Waals surface area contributed by atoms with Crippen molar-refractivity contribution < 1.29 is 9.53 Å². The molecular formula is C22H23N5O3. The van der Waals surface area contributed by atoms with Gasteiger partial charge in [-0.05, 0) is 42.5 Å². The summed E-state index contributed by atoms with van der Waals surface area (Å²) in [4.78, 5) is 33.3. The number of benzene rings is 1. The lowest BCUT2D eigenvalue weighted by Gasteiger charge is -2.35. The minimum Gasteiger partial charge on any atom is -0.497 e. The highest BCUT2D eigenvalue weighted by Crippen LogP contribution is 2.19. The molecule has 0 N–H and O–H groups in total. The molecular weight excluding hydrogens is 382 g/mol. The second-order valence-corrected chi connectivity index (χ2v) is 7.00. The number of pyridine rings is 1. The van der Waals surface area contributed by atoms with E-state index in [1.54, 1.807) is 24.3 Å². The molecule has 2 aromatic heterocycles. The Morgan fingerprint density at radius 1 is 1.00 bits per heavy atom. The van der Waals surface area contributed by atoms with Crippen LogP contribution >= 0.6 is 0 Å². The third-order valence-corrected chi connectivity index (χ3v) is 5.14. The van der Waals surface area contributed by atoms with Gasteiger partial charge >= 0.3 is 0 Å². The molecule has 0 unspecified atom stereocenters. The second-order valence-electron chi connectivity index (χ2n) is 7.00. The van der Waals surface area contributed by atoms with Gasteiger partial charge in [-0.2, -0.15) is 5.10 Å². The van der Waals surface area contributed by atoms with Crippen LogP contribution in [0.1, 0.15) is 0 Å². The van der Waals surface area contributed by atoms with Crippen LogP contribution < -0.4 is 15.2 Å². The first-order valence-electron chi connectivity index (χ1n) is 9.80. The van der Waals surface area contributed by atoms with Gasteiger partial charge in [0.15, 0.2) is 0 Å². The molecule has 1 aromatic carbocycles. The molecule has 1 amide bonds. The largest absolute Gasteiger partial charge is 0.497 e. The van der Waals surface area contributed by atoms with Crippen molar-refractivity contribution in [3.8, 4) is 17.0 Å². The monoisotopic (exact) mass is 405 g/mol. The van der Waals surface area contributed by atoms with Gasteiger partial charge < -0.3 is 14.5 Å². The number of amides is 1. The summed E-state index contributed by atoms with van der Waals surface area (Å²) in [5, 5.41) is 4.39. The number of hydrogen-bond donors (Lipinski definition) is 0. The summed E-state index contributed by atoms with van der Waals surface area (Å²) in [7, 11) is 1.61. The highest BCUT2D eigenvalue weighted by atomic mass is 16.5. The van der Waals surface area contributed by atoms with E-state index in [1.165, 1.54) is 10.7 Å². The number of ether oxygens (including phenoxy) is 1. The quantitative estimate of drug-likeness (QED) is 0.642. The van der Waals surface area contributed by atoms with E-state index in [0.717, 1.165) is 17.1 Å². The van der Waals surface area contributed by atoms with Crippen LogP contribution in [0, 0.1) is 0 Å². The number of carbonyl (C=O) groups excluding carboxylic acids is 1. The normalized spacial score (nSPS) is 13.9. The molecule has 8 nitrogen and oxygen atoms in total. The van der Waals surface area contributed by atoms with Crippen molar-refractivity contribution >= 4 is 11.7 Å². The number of methoxy groups -OCH3 is 1. The van der Waals surface area contributed by atoms with Gasteiger partial charge in [0.1, 0.15) is 18.1 Å². The summed E-state index contributed by atoms with van der Waals surface area (Å²) in [5.74, 6) is 1.54. The fraction of sp³-hybridized carbons (Fsp3) is 0.273. The fourth-order valence-corrected chi connectivity index (χ4v) is 3.43. The number of aromatic nitrogens is 3. The molecule has 4 rings (SSSR count). The standard InChI is InChI=1S/C22H23N5O3/c1-30-18-7-5-17(6-8-18)19-9-10-21(28)27(24-19)16-22(29)26-14-12-25(13-15-26)20-4-2-3-11-23-20/h2-11H,12-16H2,1H3. The highest BCUT2D eigenvalue weighted by Gasteiger charge is 2.22. The molecule has 0 aliphatic carbocycles. The molecule has 0 spiro atoms. The van der Waals surface area contributed by atoms with Gasteiger partial charge in [-0.1, -0.05) is 6.07 Å². The SMILES string of the molecule is COc1ccc(-c2ccc(=O)n(CC(=O)N3CCN(c4ccccn4)CC3)n2)cc1. The van der Waals surface area contributed by atoms with E-state index >= 15 is 0 Å². The lowest BCUT2D eigenvalue weighted by atomic mass is 10.1. The molecule has 0 bridgehead atoms. The zero-order valence-electron chi connectivity index (χ0n) is 16.8. The van der Waals surface area contributed by atoms with Gasteiger partial charge in [0.2, 0.25) is 5.91 Å². The van der Waals surface area contributed by atoms with E-state index in [1.807, 2.05) is 42.5 Å². The van der Waals surface area contributed by atoms with Gasteiger partial charge in [0, 0.05) is 44.0 Å². The smallest absolute Gasteiger partial charge is 0.267 e. The highest BCUT2D eigenvalue weighted by molar-refractivity contribution is 5.76. The maximum Gasteiger partial charge on any atom is 0.267 e. The maximum atomic E-state index is 12.8. The number of hydrogen-bond acceptors (Lipinski definition) is 6. The van der Waals surface area contributed by atoms with Crippen LogP contribution in [0.25, 0.3) is 11.3 Å². The number of piperazine rings is 1. The molecule has 1 fully saturated rings. The van der Waals surface area contributed by atoms with Crippen LogP contribution in [0.5, 0.6) is 5.75 Å². The molecule has 3 heterocycles. The summed E-state index contributed by atoms with van der Waals surface area (Å²) in [5.41, 5.74) is 1.18. The molecule has 1 aliphatic heterocycles. The molecule has 0 radical (unpaired) electrons. The Bertz CT molecular complexity index is 1060. The summed E-state index contributed by atoms with van der Waals surface area (Å²) in [6.45, 7) is 2.50. The number of rotatable bonds is 5. The van der Waals surface area contributed by atoms with E-state index in [2.05, 4.69) is 15.0 Å². The average Bonchev–Trinajstić information content (AvgIpc) is 2.81. The zero-order chi connectivity index (χ0) is 20.9. The summed E-state index contributed by atoms with van der Waals surface area (Å²) in [6.07, 6.45) is 1.76. The first-order valence-corrected chi connectivity index (χ1v) is 9.80. The Morgan fingerprint density at radius 2 is 1.77 bits per heavy atom. The summed E-state index contributed by atoms with van der Waals surface area (Å²) < 4.78 is 6.40. The molecule has 8 heteroatoms. The lowest BCUT2D eigenvalue weighted by Crippen LogP contribution is -2.50. The Morgan fingerprint density at radius 3 is 2.43 bits per heavy atom. The molecule has 0 atom stereocenters. The van der Waals surface area contributed by atoms with Crippen molar-refractivity contribution in [3.05, 3.63) is 71.1 Å². The third kappa shape index (κ3) is 4.32. The second kappa shape index (κ2) is 8.77. The molecule has 154 valence electrons. The summed E-state index contributed by atoms with van der Waals surface area (Å²) >= 11 is 0. The van der Waals surface area contributed by atoms with Gasteiger partial charge in [-0.15, -0.1) is 0 Å². The minimum atomic E-state index is -0.298. The zero-order valence-corrected chi connectivity index (χ0v) is 16.8. The molecule has 30 heavy (non-hydrogen) atoms. The third-order valence-electron chi connectivity index (χ3n) is 5.14. The lowest BCUT2D eigenvalue weighted by molar-refractivity contribution is -0.132. The predicted molar refractivity (Wildman–Crippen MR) is 114 cm³/mol. The molecule has 1 saturated heterocycles. The van der Waals surface area contributed by atoms with E-state index < -0.39 is 0 Å². The average molecular weight is 405 g/mol. The fourth-order valence-electron chi connectivity index (χ4n) is 3.43. The van der Waals surface area contributed by atoms with Gasteiger partial charge in [0.25, 0.3) is 5.56 Å². The molecule has 3 aromatic rings. The van der Waals surface area contributed by atoms with Crippen LogP contribution in [0.3, 0.4) is 0 Å². The first kappa shape index (κ1) is 19.6. The number of carbonyl (C=O) groups is 1. The Labute approximate surface area is 174 Å². The number of anilines is 1. The van der Waals surface area contributed by atoms with E-state index in [0.29, 0.717) is 31.9 Å². The van der Waals surface area contributed by atoms with Gasteiger partial charge in [0.05, 0.1) is 12.8 Å². The molecule has 1 aliphatic rings. The molecule has 0 saturated carbocycles. The van der Waals surface area contributed by atoms with Crippen LogP contribution in [-0.2, 0) is 11.3 Å². The Balaban J connectivity index is 1.42. The first-order chi connectivity index (χ1) is 14.6. The van der Waals surface area contributed by atoms with Gasteiger partial charge in [-0.25, -0.2) is 9.67 Å². The van der Waals surface area contributed by atoms with Crippen molar-refractivity contribution in [3.63, 3.8) is 0 Å². The maximum absolute atomic E-state index is 12.8. The van der Waals surface area contributed by atoms with Crippen LogP contribution in [0.15, 0.2) is 65.6 Å². The van der Waals surface area contributed by atoms with Crippen molar-refractivity contribution in [2.24, 2.45) is 0 Å². The van der Waals surface area contributed by atoms with E-state index in [9.17, 15) is 9.59 Å². The van der Waals surface area contributed by atoms with Gasteiger partial charge in [-0.3, -0.25) is 9.59 Å². The van der Waals surface area contributed by atoms with E-state index in [4.69, 9.17) is 4.74 Å². The van der Waals surface area contributed by atoms with Crippen molar-refractivity contribution in [1.82, 2.24) is 19.7 Å². The van der Waals surface area contributed by atoms with E-state index in [-0.39, 0.29) is 18.0 Å². The van der Waals surface area contributed by atoms with Crippen LogP contribution in [0.2, 0.25) is 0 Å². The summed E-state index contributed by atoms with van der Waals surface area (Å²) in [6, 6.07) is 16.3. The van der Waals surface area contributed by atoms with Crippen molar-refractivity contribution in [2.45, 2.75) is 6.54 Å². The minimum absolute atomic E-state index is 0.0770. The number of nitrogens with zero attached hydrogens (tertiary/aromatic N) is 5. The van der Waals surface area contributed by atoms with Crippen LogP contribution in [0.4, 0.5) is 5.82 Å². The van der Waals surface area contributed by atoms with Crippen molar-refractivity contribution in [1.29, 1.82) is 0 Å². The van der Waals surface area contributed by atoms with Crippen LogP contribution in [-0.4, -0.2) is 58.9 Å². The Hall–Kier alpha value is -3.68. The Kier molecular flexibility index (Phi) is 5.74. The topological polar surface area (TPSA) is 80.6 Å². The van der Waals surface area contributed by atoms with Crippen molar-refractivity contribution in [2.75, 3.05) is 38.2 Å².